The molecule has 0 aromatic heterocycles. The Morgan fingerprint density at radius 3 is 1.80 bits per heavy atom. The van der Waals surface area contributed by atoms with E-state index in [9.17, 15) is 13.2 Å². The Kier molecular flexibility index (Phi) is 4.45. The number of halogens is 3. The molecule has 0 fully saturated rings. The quantitative estimate of drug-likeness (QED) is 0.879. The highest BCUT2D eigenvalue weighted by Crippen LogP contribution is 2.30. The molecule has 20 heavy (non-hydrogen) atoms. The van der Waals surface area contributed by atoms with Crippen molar-refractivity contribution in [2.24, 2.45) is 0 Å². The first kappa shape index (κ1) is 14.6. The van der Waals surface area contributed by atoms with Gasteiger partial charge in [-0.3, -0.25) is 0 Å². The van der Waals surface area contributed by atoms with Crippen LogP contribution in [0.5, 0.6) is 0 Å². The maximum Gasteiger partial charge on any atom is 0.416 e. The van der Waals surface area contributed by atoms with E-state index >= 15 is 0 Å². The minimum Gasteiger partial charge on any atom is -0.315 e. The van der Waals surface area contributed by atoms with Crippen molar-refractivity contribution in [3.63, 3.8) is 0 Å². The second kappa shape index (κ2) is 6.09. The summed E-state index contributed by atoms with van der Waals surface area (Å²) in [6.45, 7) is 0.791. The lowest BCUT2D eigenvalue weighted by Crippen LogP contribution is -2.07. The standard InChI is InChI=1S/C16H15F3N/c1-20-11-10-12-2-4-13(5-3-12)14-6-8-15(9-7-14)16(17,18)19/h2-9,20H,1,10-11H2. The van der Waals surface area contributed by atoms with Gasteiger partial charge in [0.05, 0.1) is 5.56 Å². The summed E-state index contributed by atoms with van der Waals surface area (Å²) in [6, 6.07) is 13.0. The highest BCUT2D eigenvalue weighted by Gasteiger charge is 2.29. The number of benzene rings is 2. The van der Waals surface area contributed by atoms with E-state index < -0.39 is 11.7 Å². The summed E-state index contributed by atoms with van der Waals surface area (Å²) >= 11 is 0. The molecule has 0 aliphatic heterocycles. The van der Waals surface area contributed by atoms with Crippen LogP contribution in [0, 0.1) is 7.05 Å². The van der Waals surface area contributed by atoms with Crippen molar-refractivity contribution >= 4 is 0 Å². The second-order valence-corrected chi connectivity index (χ2v) is 4.52. The maximum absolute atomic E-state index is 12.5. The number of alkyl halides is 3. The normalized spacial score (nSPS) is 11.6. The zero-order valence-corrected chi connectivity index (χ0v) is 10.9. The zero-order valence-electron chi connectivity index (χ0n) is 10.9. The van der Waals surface area contributed by atoms with Gasteiger partial charge in [0.15, 0.2) is 0 Å². The van der Waals surface area contributed by atoms with Crippen LogP contribution in [0.25, 0.3) is 11.1 Å². The largest absolute Gasteiger partial charge is 0.416 e. The Labute approximate surface area is 116 Å². The van der Waals surface area contributed by atoms with Crippen molar-refractivity contribution < 1.29 is 13.2 Å². The van der Waals surface area contributed by atoms with E-state index in [1.54, 1.807) is 0 Å². The molecule has 0 aliphatic carbocycles. The van der Waals surface area contributed by atoms with Crippen LogP contribution in [0.4, 0.5) is 13.2 Å². The van der Waals surface area contributed by atoms with Crippen LogP contribution in [0.3, 0.4) is 0 Å². The van der Waals surface area contributed by atoms with Crippen LogP contribution in [0.1, 0.15) is 11.1 Å². The SMILES string of the molecule is [CH2]NCCc1ccc(-c2ccc(C(F)(F)F)cc2)cc1. The third kappa shape index (κ3) is 3.61. The third-order valence-corrected chi connectivity index (χ3v) is 3.09. The van der Waals surface area contributed by atoms with Gasteiger partial charge in [-0.05, 0) is 41.8 Å². The van der Waals surface area contributed by atoms with Crippen molar-refractivity contribution in [2.45, 2.75) is 12.6 Å². The monoisotopic (exact) mass is 278 g/mol. The van der Waals surface area contributed by atoms with Crippen LogP contribution in [-0.2, 0) is 12.6 Å². The molecule has 0 bridgehead atoms. The van der Waals surface area contributed by atoms with Crippen LogP contribution in [0.2, 0.25) is 0 Å². The number of hydrogen-bond donors (Lipinski definition) is 1. The molecule has 0 aliphatic rings. The lowest BCUT2D eigenvalue weighted by Gasteiger charge is -2.08. The Hall–Kier alpha value is -1.81. The van der Waals surface area contributed by atoms with Crippen molar-refractivity contribution in [1.82, 2.24) is 5.32 Å². The van der Waals surface area contributed by atoms with Gasteiger partial charge in [0.1, 0.15) is 0 Å². The number of hydrogen-bond acceptors (Lipinski definition) is 1. The van der Waals surface area contributed by atoms with Crippen molar-refractivity contribution in [3.05, 3.63) is 66.7 Å². The minimum absolute atomic E-state index is 0.626. The Balaban J connectivity index is 2.15. The van der Waals surface area contributed by atoms with Crippen molar-refractivity contribution in [2.75, 3.05) is 6.54 Å². The van der Waals surface area contributed by atoms with Crippen molar-refractivity contribution in [1.29, 1.82) is 0 Å². The van der Waals surface area contributed by atoms with Crippen LogP contribution in [-0.4, -0.2) is 6.54 Å². The fraction of sp³-hybridized carbons (Fsp3) is 0.188. The molecule has 0 saturated heterocycles. The molecule has 2 aromatic rings. The van der Waals surface area contributed by atoms with E-state index in [-0.39, 0.29) is 0 Å². The minimum atomic E-state index is -4.29. The molecular weight excluding hydrogens is 263 g/mol. The molecule has 0 heterocycles. The van der Waals surface area contributed by atoms with Crippen LogP contribution >= 0.6 is 0 Å². The third-order valence-electron chi connectivity index (χ3n) is 3.09. The molecule has 0 spiro atoms. The van der Waals surface area contributed by atoms with Gasteiger partial charge in [0, 0.05) is 7.05 Å². The lowest BCUT2D eigenvalue weighted by molar-refractivity contribution is -0.137. The molecule has 0 atom stereocenters. The molecule has 1 radical (unpaired) electrons. The molecule has 4 heteroatoms. The predicted molar refractivity (Wildman–Crippen MR) is 73.9 cm³/mol. The second-order valence-electron chi connectivity index (χ2n) is 4.52. The highest BCUT2D eigenvalue weighted by atomic mass is 19.4. The van der Waals surface area contributed by atoms with E-state index in [4.69, 9.17) is 0 Å². The molecule has 0 unspecified atom stereocenters. The average molecular weight is 278 g/mol. The smallest absolute Gasteiger partial charge is 0.315 e. The molecule has 2 aromatic carbocycles. The molecule has 0 saturated carbocycles. The summed E-state index contributed by atoms with van der Waals surface area (Å²) in [7, 11) is 3.55. The molecular formula is C16H15F3N. The van der Waals surface area contributed by atoms with Gasteiger partial charge >= 0.3 is 6.18 Å². The first-order chi connectivity index (χ1) is 9.50. The van der Waals surface area contributed by atoms with E-state index in [0.29, 0.717) is 0 Å². The fourth-order valence-corrected chi connectivity index (χ4v) is 1.95. The highest BCUT2D eigenvalue weighted by molar-refractivity contribution is 5.64. The topological polar surface area (TPSA) is 12.0 Å². The summed E-state index contributed by atoms with van der Waals surface area (Å²) < 4.78 is 37.4. The molecule has 0 amide bonds. The maximum atomic E-state index is 12.5. The number of rotatable bonds is 4. The van der Waals surface area contributed by atoms with Gasteiger partial charge in [-0.15, -0.1) is 0 Å². The van der Waals surface area contributed by atoms with E-state index in [1.165, 1.54) is 12.1 Å². The lowest BCUT2D eigenvalue weighted by atomic mass is 10.0. The number of nitrogens with one attached hydrogen (secondary N) is 1. The first-order valence-corrected chi connectivity index (χ1v) is 6.27. The first-order valence-electron chi connectivity index (χ1n) is 6.27. The molecule has 1 N–H and O–H groups in total. The molecule has 105 valence electrons. The van der Waals surface area contributed by atoms with Gasteiger partial charge in [0.25, 0.3) is 0 Å². The van der Waals surface area contributed by atoms with Gasteiger partial charge in [-0.2, -0.15) is 13.2 Å². The van der Waals surface area contributed by atoms with E-state index in [0.717, 1.165) is 41.8 Å². The van der Waals surface area contributed by atoms with E-state index in [1.807, 2.05) is 24.3 Å². The van der Waals surface area contributed by atoms with Gasteiger partial charge in [-0.1, -0.05) is 36.4 Å². The summed E-state index contributed by atoms with van der Waals surface area (Å²) in [5.41, 5.74) is 2.22. The van der Waals surface area contributed by atoms with Gasteiger partial charge in [-0.25, -0.2) is 0 Å². The Morgan fingerprint density at radius 2 is 1.35 bits per heavy atom. The molecule has 1 nitrogen and oxygen atoms in total. The summed E-state index contributed by atoms with van der Waals surface area (Å²) in [5, 5.41) is 2.83. The predicted octanol–water partition coefficient (Wildman–Crippen LogP) is 4.30. The van der Waals surface area contributed by atoms with Gasteiger partial charge < -0.3 is 5.32 Å². The fourth-order valence-electron chi connectivity index (χ4n) is 1.95. The summed E-state index contributed by atoms with van der Waals surface area (Å²) in [4.78, 5) is 0. The van der Waals surface area contributed by atoms with Gasteiger partial charge in [0.2, 0.25) is 0 Å². The summed E-state index contributed by atoms with van der Waals surface area (Å²) in [6.07, 6.45) is -3.42. The Bertz CT molecular complexity index is 541. The molecule has 2 rings (SSSR count). The zero-order chi connectivity index (χ0) is 14.6. The van der Waals surface area contributed by atoms with Crippen LogP contribution < -0.4 is 5.32 Å². The summed E-state index contributed by atoms with van der Waals surface area (Å²) in [5.74, 6) is 0. The Morgan fingerprint density at radius 1 is 0.850 bits per heavy atom. The van der Waals surface area contributed by atoms with Crippen molar-refractivity contribution in [3.8, 4) is 11.1 Å². The van der Waals surface area contributed by atoms with E-state index in [2.05, 4.69) is 12.4 Å². The average Bonchev–Trinajstić information content (AvgIpc) is 2.45. The van der Waals surface area contributed by atoms with Crippen LogP contribution in [0.15, 0.2) is 48.5 Å².